The van der Waals surface area contributed by atoms with Crippen LogP contribution in [0.25, 0.3) is 0 Å². The minimum Gasteiger partial charge on any atom is -0.189 e. The summed E-state index contributed by atoms with van der Waals surface area (Å²) in [4.78, 5) is 0. The van der Waals surface area contributed by atoms with Crippen LogP contribution in [0.5, 0.6) is 0 Å². The Kier molecular flexibility index (Phi) is 4.54. The molecule has 0 heterocycles. The largest absolute Gasteiger partial charge is 0.272 e. The molecule has 76 valence electrons. The van der Waals surface area contributed by atoms with Gasteiger partial charge >= 0.3 is 0 Å². The van der Waals surface area contributed by atoms with Crippen molar-refractivity contribution in [2.45, 2.75) is 0 Å². The molecule has 0 aliphatic rings. The molecule has 0 bridgehead atoms. The van der Waals surface area contributed by atoms with E-state index in [2.05, 4.69) is 15.3 Å². The molecule has 0 amide bonds. The fraction of sp³-hybridized carbons (Fsp3) is 0. The maximum absolute atomic E-state index is 8.57. The van der Waals surface area contributed by atoms with E-state index >= 15 is 0 Å². The molecule has 1 aromatic rings. The number of nitrogens with zero attached hydrogens (tertiary/aromatic N) is 5. The predicted molar refractivity (Wildman–Crippen MR) is 57.6 cm³/mol. The number of hydrazone groups is 1. The van der Waals surface area contributed by atoms with Gasteiger partial charge in [0.1, 0.15) is 6.07 Å². The molecule has 0 aliphatic carbocycles. The van der Waals surface area contributed by atoms with Crippen molar-refractivity contribution in [2.24, 2.45) is 15.3 Å². The third kappa shape index (κ3) is 4.40. The van der Waals surface area contributed by atoms with Gasteiger partial charge in [0.15, 0.2) is 0 Å². The summed E-state index contributed by atoms with van der Waals surface area (Å²) in [5.41, 5.74) is 0.608. The molecule has 0 aliphatic heterocycles. The molecule has 0 atom stereocenters. The third-order valence-corrected chi connectivity index (χ3v) is 1.44. The van der Waals surface area contributed by atoms with E-state index in [4.69, 9.17) is 28.8 Å². The minimum atomic E-state index is -0.233. The second kappa shape index (κ2) is 5.96. The highest BCUT2D eigenvalue weighted by molar-refractivity contribution is 6.33. The molecule has 1 rings (SSSR count). The average molecular weight is 242 g/mol. The Hall–Kier alpha value is -1.64. The first-order chi connectivity index (χ1) is 7.22. The van der Waals surface area contributed by atoms with E-state index < -0.39 is 0 Å². The van der Waals surface area contributed by atoms with Crippen LogP contribution >= 0.6 is 23.6 Å². The molecule has 0 aromatic heterocycles. The number of azo groups is 1. The highest BCUT2D eigenvalue weighted by atomic mass is 35.5. The Morgan fingerprint density at radius 1 is 1.27 bits per heavy atom. The summed E-state index contributed by atoms with van der Waals surface area (Å²) < 4.78 is 0.447. The second-order valence-corrected chi connectivity index (χ2v) is 3.10. The van der Waals surface area contributed by atoms with Crippen molar-refractivity contribution in [3.8, 4) is 6.07 Å². The van der Waals surface area contributed by atoms with Crippen LogP contribution in [0.15, 0.2) is 45.7 Å². The SMILES string of the molecule is N#CC(N=Nc1ccccc1)=NN(Cl)Cl. The molecule has 7 heteroatoms. The zero-order valence-electron chi connectivity index (χ0n) is 7.38. The number of nitriles is 1. The van der Waals surface area contributed by atoms with E-state index in [-0.39, 0.29) is 5.84 Å². The number of rotatable bonds is 2. The maximum Gasteiger partial charge on any atom is 0.272 e. The second-order valence-electron chi connectivity index (χ2n) is 2.29. The summed E-state index contributed by atoms with van der Waals surface area (Å²) in [6, 6.07) is 10.6. The Balaban J connectivity index is 2.77. The van der Waals surface area contributed by atoms with Gasteiger partial charge in [-0.05, 0) is 12.1 Å². The van der Waals surface area contributed by atoms with Crippen molar-refractivity contribution in [1.82, 2.24) is 4.05 Å². The van der Waals surface area contributed by atoms with Gasteiger partial charge < -0.3 is 0 Å². The van der Waals surface area contributed by atoms with Gasteiger partial charge in [-0.1, -0.05) is 18.2 Å². The van der Waals surface area contributed by atoms with E-state index in [0.717, 1.165) is 0 Å². The van der Waals surface area contributed by atoms with Crippen LogP contribution in [-0.4, -0.2) is 9.88 Å². The van der Waals surface area contributed by atoms with Crippen LogP contribution < -0.4 is 0 Å². The Labute approximate surface area is 96.5 Å². The van der Waals surface area contributed by atoms with Crippen molar-refractivity contribution in [3.05, 3.63) is 30.3 Å². The van der Waals surface area contributed by atoms with E-state index in [1.165, 1.54) is 0 Å². The summed E-state index contributed by atoms with van der Waals surface area (Å²) in [6.07, 6.45) is 0. The lowest BCUT2D eigenvalue weighted by atomic mass is 10.3. The van der Waals surface area contributed by atoms with Crippen LogP contribution in [0.4, 0.5) is 5.69 Å². The van der Waals surface area contributed by atoms with Crippen molar-refractivity contribution < 1.29 is 0 Å². The monoisotopic (exact) mass is 241 g/mol. The summed E-state index contributed by atoms with van der Waals surface area (Å²) in [7, 11) is 0. The highest BCUT2D eigenvalue weighted by Crippen LogP contribution is 2.10. The summed E-state index contributed by atoms with van der Waals surface area (Å²) >= 11 is 10.4. The Bertz CT molecular complexity index is 407. The normalized spacial score (nSPS) is 11.4. The van der Waals surface area contributed by atoms with Gasteiger partial charge in [-0.25, -0.2) is 0 Å². The number of halogens is 2. The van der Waals surface area contributed by atoms with Crippen LogP contribution in [0, 0.1) is 11.3 Å². The predicted octanol–water partition coefficient (Wildman–Crippen LogP) is 3.22. The fourth-order valence-electron chi connectivity index (χ4n) is 0.736. The number of amidine groups is 1. The van der Waals surface area contributed by atoms with E-state index in [0.29, 0.717) is 9.73 Å². The summed E-state index contributed by atoms with van der Waals surface area (Å²) in [5.74, 6) is -0.233. The molecule has 0 saturated carbocycles. The van der Waals surface area contributed by atoms with Gasteiger partial charge in [0, 0.05) is 0 Å². The number of hydrogen-bond donors (Lipinski definition) is 0. The molecule has 15 heavy (non-hydrogen) atoms. The molecule has 0 spiro atoms. The van der Waals surface area contributed by atoms with Gasteiger partial charge in [-0.3, -0.25) is 0 Å². The lowest BCUT2D eigenvalue weighted by molar-refractivity contribution is 0.775. The van der Waals surface area contributed by atoms with Gasteiger partial charge in [0.2, 0.25) is 0 Å². The molecule has 0 radical (unpaired) electrons. The van der Waals surface area contributed by atoms with E-state index in [9.17, 15) is 0 Å². The molecule has 0 saturated heterocycles. The van der Waals surface area contributed by atoms with Gasteiger partial charge in [0.25, 0.3) is 5.84 Å². The summed E-state index contributed by atoms with van der Waals surface area (Å²) in [6.45, 7) is 0. The standard InChI is InChI=1S/C8H5Cl2N5/c9-15(10)14-8(6-11)13-12-7-4-2-1-3-5-7/h1-5H. The molecular formula is C8H5Cl2N5. The first-order valence-electron chi connectivity index (χ1n) is 3.79. The molecule has 0 unspecified atom stereocenters. The minimum absolute atomic E-state index is 0.233. The number of hydrogen-bond acceptors (Lipinski definition) is 4. The fourth-order valence-corrected chi connectivity index (χ4v) is 0.879. The Morgan fingerprint density at radius 3 is 2.47 bits per heavy atom. The van der Waals surface area contributed by atoms with Crippen LogP contribution in [0.2, 0.25) is 0 Å². The number of benzene rings is 1. The third-order valence-electron chi connectivity index (χ3n) is 1.29. The average Bonchev–Trinajstić information content (AvgIpc) is 2.25. The molecule has 0 N–H and O–H groups in total. The first kappa shape index (κ1) is 11.4. The van der Waals surface area contributed by atoms with Gasteiger partial charge in [-0.15, -0.1) is 19.4 Å². The lowest BCUT2D eigenvalue weighted by Crippen LogP contribution is -1.93. The molecule has 0 fully saturated rings. The smallest absolute Gasteiger partial charge is 0.189 e. The first-order valence-corrected chi connectivity index (χ1v) is 4.47. The molecular weight excluding hydrogens is 237 g/mol. The maximum atomic E-state index is 8.57. The lowest BCUT2D eigenvalue weighted by Gasteiger charge is -1.93. The highest BCUT2D eigenvalue weighted by Gasteiger charge is 1.97. The summed E-state index contributed by atoms with van der Waals surface area (Å²) in [5, 5.41) is 19.3. The quantitative estimate of drug-likeness (QED) is 0.263. The molecule has 5 nitrogen and oxygen atoms in total. The topological polar surface area (TPSA) is 64.1 Å². The van der Waals surface area contributed by atoms with Crippen LogP contribution in [0.1, 0.15) is 0 Å². The van der Waals surface area contributed by atoms with Crippen molar-refractivity contribution in [2.75, 3.05) is 0 Å². The molecule has 1 aromatic carbocycles. The van der Waals surface area contributed by atoms with Crippen LogP contribution in [0.3, 0.4) is 0 Å². The van der Waals surface area contributed by atoms with Crippen molar-refractivity contribution >= 4 is 35.1 Å². The zero-order chi connectivity index (χ0) is 11.1. The zero-order valence-corrected chi connectivity index (χ0v) is 8.89. The van der Waals surface area contributed by atoms with Crippen LogP contribution in [-0.2, 0) is 0 Å². The van der Waals surface area contributed by atoms with Crippen molar-refractivity contribution in [1.29, 1.82) is 5.26 Å². The van der Waals surface area contributed by atoms with E-state index in [1.807, 2.05) is 6.07 Å². The Morgan fingerprint density at radius 2 is 1.93 bits per heavy atom. The van der Waals surface area contributed by atoms with Gasteiger partial charge in [-0.2, -0.15) is 5.26 Å². The van der Waals surface area contributed by atoms with Crippen molar-refractivity contribution in [3.63, 3.8) is 0 Å². The van der Waals surface area contributed by atoms with E-state index in [1.54, 1.807) is 30.3 Å². The van der Waals surface area contributed by atoms with Gasteiger partial charge in [0.05, 0.1) is 29.2 Å².